The first-order valence-electron chi connectivity index (χ1n) is 4.15. The van der Waals surface area contributed by atoms with Crippen LogP contribution in [0.25, 0.3) is 10.8 Å². The van der Waals surface area contributed by atoms with Gasteiger partial charge in [0.1, 0.15) is 4.90 Å². The average molecular weight is 327 g/mol. The minimum atomic E-state index is -4.17. The molecule has 0 saturated heterocycles. The summed E-state index contributed by atoms with van der Waals surface area (Å²) in [6.45, 7) is 0. The molecule has 0 aromatic heterocycles. The fourth-order valence-electron chi connectivity index (χ4n) is 1.46. The molecule has 0 aliphatic heterocycles. The molecule has 0 aliphatic carbocycles. The van der Waals surface area contributed by atoms with Gasteiger partial charge in [0, 0.05) is 9.86 Å². The third kappa shape index (κ3) is 2.94. The molecule has 0 atom stereocenters. The molecule has 80 valence electrons. The number of halogens is 1. The second kappa shape index (κ2) is 5.58. The van der Waals surface area contributed by atoms with Crippen LogP contribution in [0.15, 0.2) is 45.8 Å². The van der Waals surface area contributed by atoms with Crippen LogP contribution in [0.2, 0.25) is 0 Å². The summed E-state index contributed by atoms with van der Waals surface area (Å²) < 4.78 is 32.0. The van der Waals surface area contributed by atoms with Gasteiger partial charge in [-0.15, -0.1) is 0 Å². The van der Waals surface area contributed by atoms with Gasteiger partial charge in [-0.3, -0.25) is 4.55 Å². The number of rotatable bonds is 1. The normalized spacial score (nSPS) is 11.1. The summed E-state index contributed by atoms with van der Waals surface area (Å²) >= 11 is 3.32. The van der Waals surface area contributed by atoms with Gasteiger partial charge < -0.3 is 0 Å². The Morgan fingerprint density at radius 2 is 1.56 bits per heavy atom. The van der Waals surface area contributed by atoms with Crippen molar-refractivity contribution in [3.63, 3.8) is 0 Å². The molecule has 2 rings (SSSR count). The van der Waals surface area contributed by atoms with E-state index in [4.69, 9.17) is 4.55 Å². The van der Waals surface area contributed by atoms with Crippen molar-refractivity contribution in [1.82, 2.24) is 0 Å². The van der Waals surface area contributed by atoms with E-state index < -0.39 is 10.1 Å². The zero-order valence-corrected chi connectivity index (χ0v) is 9.92. The van der Waals surface area contributed by atoms with Crippen LogP contribution < -0.4 is 0 Å². The molecule has 0 amide bonds. The number of fused-ring (bicyclic) bond motifs is 1. The van der Waals surface area contributed by atoms with E-state index in [-0.39, 0.29) is 56.3 Å². The molecule has 0 unspecified atom stereocenters. The van der Waals surface area contributed by atoms with Gasteiger partial charge in [0.25, 0.3) is 10.1 Å². The first kappa shape index (κ1) is 14.8. The topological polar surface area (TPSA) is 54.4 Å². The molecule has 1 N–H and O–H groups in total. The molecule has 0 spiro atoms. The summed E-state index contributed by atoms with van der Waals surface area (Å²) in [6.07, 6.45) is 0. The Morgan fingerprint density at radius 3 is 2.12 bits per heavy atom. The van der Waals surface area contributed by atoms with E-state index in [1.807, 2.05) is 0 Å². The molecule has 0 aliphatic rings. The van der Waals surface area contributed by atoms with Crippen molar-refractivity contribution in [2.24, 2.45) is 0 Å². The molecule has 0 heterocycles. The summed E-state index contributed by atoms with van der Waals surface area (Å²) in [5.74, 6) is 0. The third-order valence-electron chi connectivity index (χ3n) is 2.11. The number of hydrogen-bond donors (Lipinski definition) is 1. The molecule has 6 heteroatoms. The third-order valence-corrected chi connectivity index (χ3v) is 3.71. The van der Waals surface area contributed by atoms with Crippen molar-refractivity contribution in [2.75, 3.05) is 0 Å². The Kier molecular flexibility index (Phi) is 5.16. The first-order valence-corrected chi connectivity index (χ1v) is 6.38. The zero-order chi connectivity index (χ0) is 11.1. The van der Waals surface area contributed by atoms with E-state index in [1.54, 1.807) is 30.3 Å². The second-order valence-corrected chi connectivity index (χ2v) is 5.31. The van der Waals surface area contributed by atoms with Gasteiger partial charge in [0.2, 0.25) is 0 Å². The minimum absolute atomic E-state index is 0. The monoisotopic (exact) mass is 326 g/mol. The molecule has 2 aromatic rings. The summed E-state index contributed by atoms with van der Waals surface area (Å²) in [6, 6.07) is 9.95. The van der Waals surface area contributed by atoms with Crippen LogP contribution in [0.3, 0.4) is 0 Å². The van der Waals surface area contributed by atoms with E-state index in [0.717, 1.165) is 9.86 Å². The first-order chi connectivity index (χ1) is 7.00. The summed E-state index contributed by atoms with van der Waals surface area (Å²) in [5.41, 5.74) is 0. The molecule has 0 radical (unpaired) electrons. The van der Waals surface area contributed by atoms with Gasteiger partial charge in [-0.1, -0.05) is 40.2 Å². The van der Waals surface area contributed by atoms with E-state index >= 15 is 0 Å². The van der Waals surface area contributed by atoms with Gasteiger partial charge in [0.15, 0.2) is 0 Å². The quantitative estimate of drug-likeness (QED) is 0.645. The van der Waals surface area contributed by atoms with Crippen LogP contribution in [0.5, 0.6) is 0 Å². The fourth-order valence-corrected chi connectivity index (χ4v) is 2.63. The van der Waals surface area contributed by atoms with Crippen molar-refractivity contribution >= 4 is 88.2 Å². The van der Waals surface area contributed by atoms with Crippen molar-refractivity contribution < 1.29 is 13.0 Å². The maximum absolute atomic E-state index is 11.1. The van der Waals surface area contributed by atoms with Crippen molar-refractivity contribution in [3.05, 3.63) is 40.9 Å². The Hall–Kier alpha value is 0.726. The average Bonchev–Trinajstić information content (AvgIpc) is 2.17. The standard InChI is InChI=1S/C10H7BrO3S.K.H/c11-9-5-6-10(15(12,13)14)8-4-2-1-3-7(8)9;;/h1-6H,(H,12,13,14);;. The Balaban J connectivity index is 0.00000128. The fraction of sp³-hybridized carbons (Fsp3) is 0. The molecule has 0 fully saturated rings. The molecule has 2 aromatic carbocycles. The van der Waals surface area contributed by atoms with Gasteiger partial charge in [-0.25, -0.2) is 0 Å². The molecule has 0 saturated carbocycles. The maximum atomic E-state index is 11.1. The Morgan fingerprint density at radius 1 is 1.00 bits per heavy atom. The Bertz CT molecular complexity index is 625. The molecule has 16 heavy (non-hydrogen) atoms. The van der Waals surface area contributed by atoms with Gasteiger partial charge in [0.05, 0.1) is 0 Å². The molecular weight excluding hydrogens is 319 g/mol. The molecule has 3 nitrogen and oxygen atoms in total. The van der Waals surface area contributed by atoms with Crippen molar-refractivity contribution in [3.8, 4) is 0 Å². The van der Waals surface area contributed by atoms with Gasteiger partial charge >= 0.3 is 51.4 Å². The predicted octanol–water partition coefficient (Wildman–Crippen LogP) is 2.20. The van der Waals surface area contributed by atoms with Crippen LogP contribution in [0.1, 0.15) is 0 Å². The van der Waals surface area contributed by atoms with Crippen LogP contribution in [-0.2, 0) is 10.1 Å². The summed E-state index contributed by atoms with van der Waals surface area (Å²) in [5, 5.41) is 1.27. The molecule has 0 bridgehead atoms. The SMILES string of the molecule is O=S(=O)(O)c1ccc(Br)c2ccccc12.[KH]. The number of hydrogen-bond acceptors (Lipinski definition) is 2. The van der Waals surface area contributed by atoms with E-state index in [0.29, 0.717) is 5.39 Å². The Labute approximate surface area is 145 Å². The van der Waals surface area contributed by atoms with E-state index in [1.165, 1.54) is 6.07 Å². The summed E-state index contributed by atoms with van der Waals surface area (Å²) in [7, 11) is -4.17. The van der Waals surface area contributed by atoms with Gasteiger partial charge in [-0.05, 0) is 17.5 Å². The zero-order valence-electron chi connectivity index (χ0n) is 7.51. The van der Waals surface area contributed by atoms with Gasteiger partial charge in [-0.2, -0.15) is 8.42 Å². The predicted molar refractivity (Wildman–Crippen MR) is 68.6 cm³/mol. The van der Waals surface area contributed by atoms with Crippen LogP contribution in [0, 0.1) is 0 Å². The van der Waals surface area contributed by atoms with Crippen LogP contribution in [0.4, 0.5) is 0 Å². The molecular formula is C10H8BrKO3S. The van der Waals surface area contributed by atoms with Crippen LogP contribution in [-0.4, -0.2) is 64.4 Å². The van der Waals surface area contributed by atoms with Crippen molar-refractivity contribution in [1.29, 1.82) is 0 Å². The van der Waals surface area contributed by atoms with E-state index in [9.17, 15) is 8.42 Å². The summed E-state index contributed by atoms with van der Waals surface area (Å²) in [4.78, 5) is -0.0682. The van der Waals surface area contributed by atoms with Crippen molar-refractivity contribution in [2.45, 2.75) is 4.90 Å². The second-order valence-electron chi connectivity index (χ2n) is 3.07. The number of benzene rings is 2. The van der Waals surface area contributed by atoms with E-state index in [2.05, 4.69) is 15.9 Å². The van der Waals surface area contributed by atoms with Crippen LogP contribution >= 0.6 is 15.9 Å².